The number of nitrogens with two attached hydrogens (primary N) is 1. The van der Waals surface area contributed by atoms with Crippen LogP contribution in [0.5, 0.6) is 0 Å². The monoisotopic (exact) mass is 796 g/mol. The maximum Gasteiger partial charge on any atom is 0.141 e. The highest BCUT2D eigenvalue weighted by atomic mass is 16.5. The summed E-state index contributed by atoms with van der Waals surface area (Å²) in [5.74, 6) is 4.22. The van der Waals surface area contributed by atoms with Crippen LogP contribution in [0.2, 0.25) is 0 Å². The molecule has 3 aromatic carbocycles. The first kappa shape index (κ1) is 40.2. The summed E-state index contributed by atoms with van der Waals surface area (Å²) in [4.78, 5) is 14.5. The number of imidazole rings is 1. The summed E-state index contributed by atoms with van der Waals surface area (Å²) >= 11 is 0. The molecular weight excluding hydrogens is 741 g/mol. The van der Waals surface area contributed by atoms with Gasteiger partial charge >= 0.3 is 0 Å². The lowest BCUT2D eigenvalue weighted by Crippen LogP contribution is -2.18. The van der Waals surface area contributed by atoms with E-state index in [2.05, 4.69) is 49.4 Å². The molecule has 0 spiro atoms. The van der Waals surface area contributed by atoms with E-state index in [9.17, 15) is 0 Å². The lowest BCUT2D eigenvalue weighted by molar-refractivity contribution is 0.0626. The van der Waals surface area contributed by atoms with Crippen molar-refractivity contribution in [1.29, 1.82) is 0 Å². The number of hydrogen-bond acceptors (Lipinski definition) is 11. The lowest BCUT2D eigenvalue weighted by Gasteiger charge is -2.22. The molecule has 0 saturated carbocycles. The van der Waals surface area contributed by atoms with Gasteiger partial charge in [0.15, 0.2) is 0 Å². The van der Waals surface area contributed by atoms with Crippen molar-refractivity contribution in [2.45, 2.75) is 85.6 Å². The Morgan fingerprint density at radius 1 is 0.695 bits per heavy atom. The molecule has 308 valence electrons. The molecule has 0 amide bonds. The van der Waals surface area contributed by atoms with Crippen LogP contribution in [0.3, 0.4) is 0 Å². The van der Waals surface area contributed by atoms with Crippen LogP contribution in [-0.2, 0) is 28.9 Å². The van der Waals surface area contributed by atoms with E-state index < -0.39 is 0 Å². The van der Waals surface area contributed by atoms with Gasteiger partial charge in [-0.25, -0.2) is 9.97 Å². The molecule has 0 unspecified atom stereocenters. The van der Waals surface area contributed by atoms with Gasteiger partial charge in [-0.2, -0.15) is 0 Å². The van der Waals surface area contributed by atoms with E-state index in [1.165, 1.54) is 18.4 Å². The average molecular weight is 797 g/mol. The Morgan fingerprint density at radius 2 is 1.32 bits per heavy atom. The fraction of sp³-hybridized carbons (Fsp3) is 0.426. The van der Waals surface area contributed by atoms with Gasteiger partial charge in [0.1, 0.15) is 17.3 Å². The first-order chi connectivity index (χ1) is 28.8. The number of fused-ring (bicyclic) bond motifs is 2. The van der Waals surface area contributed by atoms with Gasteiger partial charge in [-0.15, -0.1) is 0 Å². The minimum Gasteiger partial charge on any atom is -0.397 e. The number of hydrogen-bond donors (Lipinski definition) is 2. The molecule has 2 aliphatic rings. The lowest BCUT2D eigenvalue weighted by atomic mass is 9.96. The summed E-state index contributed by atoms with van der Waals surface area (Å²) in [5, 5.41) is 11.6. The number of benzene rings is 3. The van der Waals surface area contributed by atoms with Crippen LogP contribution in [-0.4, -0.2) is 62.8 Å². The van der Waals surface area contributed by atoms with Crippen LogP contribution >= 0.6 is 0 Å². The number of para-hydroxylation sites is 2. The molecule has 2 fully saturated rings. The van der Waals surface area contributed by atoms with Gasteiger partial charge in [-0.05, 0) is 132 Å². The minimum absolute atomic E-state index is 0.706. The van der Waals surface area contributed by atoms with Gasteiger partial charge < -0.3 is 34.1 Å². The second-order valence-electron chi connectivity index (χ2n) is 16.0. The molecule has 59 heavy (non-hydrogen) atoms. The number of rotatable bonds is 12. The maximum atomic E-state index is 6.21. The van der Waals surface area contributed by atoms with Gasteiger partial charge in [-0.3, -0.25) is 4.98 Å². The number of aryl methyl sites for hydroxylation is 7. The Labute approximate surface area is 345 Å². The Morgan fingerprint density at radius 3 is 1.97 bits per heavy atom. The fourth-order valence-corrected chi connectivity index (χ4v) is 8.59. The average Bonchev–Trinajstić information content (AvgIpc) is 3.91. The zero-order valence-corrected chi connectivity index (χ0v) is 34.8. The highest BCUT2D eigenvalue weighted by Crippen LogP contribution is 2.33. The molecule has 0 aliphatic carbocycles. The third kappa shape index (κ3) is 9.50. The molecular formula is C47H56N8O4. The largest absolute Gasteiger partial charge is 0.397 e. The Balaban J connectivity index is 0.000000182. The van der Waals surface area contributed by atoms with E-state index >= 15 is 0 Å². The van der Waals surface area contributed by atoms with Gasteiger partial charge in [-0.1, -0.05) is 34.6 Å². The highest BCUT2D eigenvalue weighted by molar-refractivity contribution is 5.84. The summed E-state index contributed by atoms with van der Waals surface area (Å²) < 4.78 is 24.0. The summed E-state index contributed by atoms with van der Waals surface area (Å²) in [6.07, 6.45) is 10.4. The molecule has 12 heteroatoms. The van der Waals surface area contributed by atoms with Gasteiger partial charge in [0, 0.05) is 63.3 Å². The normalized spacial score (nSPS) is 15.1. The summed E-state index contributed by atoms with van der Waals surface area (Å²) in [6, 6.07) is 20.7. The molecule has 12 nitrogen and oxygen atoms in total. The van der Waals surface area contributed by atoms with Crippen LogP contribution in [0.1, 0.15) is 73.0 Å². The third-order valence-electron chi connectivity index (χ3n) is 11.9. The molecule has 2 saturated heterocycles. The second-order valence-corrected chi connectivity index (χ2v) is 16.0. The van der Waals surface area contributed by atoms with Crippen molar-refractivity contribution < 1.29 is 18.5 Å². The molecule has 9 rings (SSSR count). The molecule has 3 N–H and O–H groups in total. The van der Waals surface area contributed by atoms with Crippen LogP contribution in [0.25, 0.3) is 44.3 Å². The number of aromatic nitrogens is 6. The van der Waals surface area contributed by atoms with Crippen LogP contribution in [0.4, 0.5) is 11.4 Å². The zero-order chi connectivity index (χ0) is 40.7. The van der Waals surface area contributed by atoms with Crippen molar-refractivity contribution in [3.8, 4) is 22.3 Å². The Bertz CT molecular complexity index is 2450. The number of ether oxygens (including phenoxy) is 2. The van der Waals surface area contributed by atoms with E-state index in [1.807, 2.05) is 70.3 Å². The first-order valence-electron chi connectivity index (χ1n) is 21.2. The quantitative estimate of drug-likeness (QED) is 0.114. The number of nitrogens with zero attached hydrogens (tertiary/aromatic N) is 6. The van der Waals surface area contributed by atoms with Crippen molar-refractivity contribution >= 4 is 33.4 Å². The van der Waals surface area contributed by atoms with E-state index in [0.717, 1.165) is 169 Å². The van der Waals surface area contributed by atoms with Crippen LogP contribution in [0.15, 0.2) is 75.9 Å². The Kier molecular flexibility index (Phi) is 12.6. The summed E-state index contributed by atoms with van der Waals surface area (Å²) in [5.41, 5.74) is 19.0. The standard InChI is InChI=1S/C29H31N5O2.C18H25N3O2/c1-19-29(20(2)36-33-19)22-7-9-27-26(17-22)32-28(34(27)14-11-21-12-15-35-16-13-21)10-8-23-18-30-24-5-3-4-6-25(24)31-23;1-12-18(13(2)23-21-12)15-3-4-17(16(19)11-15)20-8-5-14-6-9-22-10-7-14/h3-7,9,17-18,21H,8,10-16H2,1-2H3;3-4,11,14,20H,5-10,19H2,1-2H3. The van der Waals surface area contributed by atoms with Gasteiger partial charge in [0.05, 0.1) is 50.5 Å². The predicted octanol–water partition coefficient (Wildman–Crippen LogP) is 9.62. The van der Waals surface area contributed by atoms with Crippen molar-refractivity contribution in [1.82, 2.24) is 29.8 Å². The number of nitrogen functional groups attached to an aromatic ring is 1. The van der Waals surface area contributed by atoms with Crippen LogP contribution in [0, 0.1) is 39.5 Å². The van der Waals surface area contributed by atoms with E-state index in [-0.39, 0.29) is 0 Å². The smallest absolute Gasteiger partial charge is 0.141 e. The van der Waals surface area contributed by atoms with Crippen molar-refractivity contribution in [3.63, 3.8) is 0 Å². The molecule has 0 atom stereocenters. The van der Waals surface area contributed by atoms with E-state index in [1.54, 1.807) is 0 Å². The molecule has 4 aromatic heterocycles. The molecule has 6 heterocycles. The first-order valence-corrected chi connectivity index (χ1v) is 21.2. The maximum absolute atomic E-state index is 6.21. The fourth-order valence-electron chi connectivity index (χ4n) is 8.59. The second kappa shape index (κ2) is 18.6. The predicted molar refractivity (Wildman–Crippen MR) is 232 cm³/mol. The third-order valence-corrected chi connectivity index (χ3v) is 11.9. The van der Waals surface area contributed by atoms with Crippen molar-refractivity contribution in [3.05, 3.63) is 101 Å². The minimum atomic E-state index is 0.706. The number of anilines is 2. The van der Waals surface area contributed by atoms with Crippen molar-refractivity contribution in [2.75, 3.05) is 44.0 Å². The topological polar surface area (TPSA) is 152 Å². The molecule has 0 radical (unpaired) electrons. The van der Waals surface area contributed by atoms with E-state index in [4.69, 9.17) is 34.2 Å². The van der Waals surface area contributed by atoms with Gasteiger partial charge in [0.25, 0.3) is 0 Å². The highest BCUT2D eigenvalue weighted by Gasteiger charge is 2.20. The van der Waals surface area contributed by atoms with Crippen molar-refractivity contribution in [2.24, 2.45) is 11.8 Å². The molecule has 0 bridgehead atoms. The van der Waals surface area contributed by atoms with E-state index in [0.29, 0.717) is 5.92 Å². The Hall–Kier alpha value is -5.59. The SMILES string of the molecule is Cc1noc(C)c1-c1ccc(NCCC2CCOCC2)c(N)c1.Cc1noc(C)c1-c1ccc2c(c1)nc(CCc1cnc3ccccc3n1)n2CCC1CCOCC1. The summed E-state index contributed by atoms with van der Waals surface area (Å²) in [7, 11) is 0. The van der Waals surface area contributed by atoms with Gasteiger partial charge in [0.2, 0.25) is 0 Å². The zero-order valence-electron chi connectivity index (χ0n) is 34.8. The molecule has 2 aliphatic heterocycles. The summed E-state index contributed by atoms with van der Waals surface area (Å²) in [6.45, 7) is 13.3. The number of nitrogens with one attached hydrogen (secondary N) is 1. The molecule has 7 aromatic rings. The van der Waals surface area contributed by atoms with Crippen LogP contribution < -0.4 is 11.1 Å².